The molecule has 1 aromatic heterocycles. The number of nitrogens with zero attached hydrogens (tertiary/aromatic N) is 2. The highest BCUT2D eigenvalue weighted by molar-refractivity contribution is 5.71. The first kappa shape index (κ1) is 18.3. The summed E-state index contributed by atoms with van der Waals surface area (Å²) in [5, 5.41) is 9.89. The normalized spacial score (nSPS) is 27.2. The Morgan fingerprint density at radius 3 is 2.67 bits per heavy atom. The summed E-state index contributed by atoms with van der Waals surface area (Å²) in [6.45, 7) is 4.49. The van der Waals surface area contributed by atoms with Crippen LogP contribution >= 0.6 is 0 Å². The zero-order valence-electron chi connectivity index (χ0n) is 13.3. The monoisotopic (exact) mass is 347 g/mol. The number of esters is 1. The van der Waals surface area contributed by atoms with Crippen LogP contribution in [0.5, 0.6) is 0 Å². The largest absolute Gasteiger partial charge is 0.460 e. The maximum Gasteiger partial charge on any atom is 0.351 e. The quantitative estimate of drug-likeness (QED) is 0.753. The van der Waals surface area contributed by atoms with Crippen molar-refractivity contribution in [1.82, 2.24) is 9.55 Å². The van der Waals surface area contributed by atoms with Crippen LogP contribution < -0.4 is 11.4 Å². The van der Waals surface area contributed by atoms with Crippen molar-refractivity contribution < 1.29 is 28.2 Å². The summed E-state index contributed by atoms with van der Waals surface area (Å²) in [5.74, 6) is -5.00. The molecule has 0 saturated carbocycles. The number of ether oxygens (including phenoxy) is 2. The van der Waals surface area contributed by atoms with Gasteiger partial charge in [0.25, 0.3) is 0 Å². The molecule has 24 heavy (non-hydrogen) atoms. The first-order valence-corrected chi connectivity index (χ1v) is 7.32. The fraction of sp³-hybridized carbons (Fsp3) is 0.643. The van der Waals surface area contributed by atoms with Gasteiger partial charge in [-0.2, -0.15) is 13.8 Å². The van der Waals surface area contributed by atoms with Crippen LogP contribution in [-0.2, 0) is 14.3 Å². The smallest absolute Gasteiger partial charge is 0.351 e. The van der Waals surface area contributed by atoms with Crippen molar-refractivity contribution in [2.75, 3.05) is 5.73 Å². The molecular formula is C14H19F2N3O5. The molecule has 0 spiro atoms. The molecule has 2 rings (SSSR count). The minimum Gasteiger partial charge on any atom is -0.460 e. The summed E-state index contributed by atoms with van der Waals surface area (Å²) in [6, 6.07) is 1.16. The number of aliphatic hydroxyl groups excluding tert-OH is 1. The average Bonchev–Trinajstić information content (AvgIpc) is 2.70. The number of halogens is 2. The van der Waals surface area contributed by atoms with E-state index in [1.807, 2.05) is 0 Å². The fourth-order valence-corrected chi connectivity index (χ4v) is 2.29. The molecule has 4 atom stereocenters. The molecule has 8 nitrogen and oxygen atoms in total. The molecule has 4 unspecified atom stereocenters. The molecule has 1 fully saturated rings. The molecule has 134 valence electrons. The van der Waals surface area contributed by atoms with Gasteiger partial charge in [0, 0.05) is 6.20 Å². The van der Waals surface area contributed by atoms with E-state index in [-0.39, 0.29) is 5.82 Å². The fourth-order valence-electron chi connectivity index (χ4n) is 2.29. The SMILES string of the molecule is CC(C)C(=O)OC(C)C1OC(n2ccc(N)nc2=O)C(F)(F)C1O. The van der Waals surface area contributed by atoms with Gasteiger partial charge in [0.15, 0.2) is 6.10 Å². The van der Waals surface area contributed by atoms with Crippen LogP contribution in [0.4, 0.5) is 14.6 Å². The maximum atomic E-state index is 14.3. The van der Waals surface area contributed by atoms with Crippen molar-refractivity contribution in [3.63, 3.8) is 0 Å². The number of rotatable bonds is 4. The molecule has 0 aliphatic carbocycles. The second-order valence-corrected chi connectivity index (χ2v) is 5.91. The Balaban J connectivity index is 2.27. The van der Waals surface area contributed by atoms with E-state index in [4.69, 9.17) is 15.2 Å². The highest BCUT2D eigenvalue weighted by atomic mass is 19.3. The molecule has 3 N–H and O–H groups in total. The third kappa shape index (κ3) is 3.24. The zero-order chi connectivity index (χ0) is 18.2. The van der Waals surface area contributed by atoms with Crippen LogP contribution in [-0.4, -0.2) is 44.9 Å². The van der Waals surface area contributed by atoms with Crippen molar-refractivity contribution in [3.8, 4) is 0 Å². The van der Waals surface area contributed by atoms with E-state index < -0.39 is 48.0 Å². The van der Waals surface area contributed by atoms with Gasteiger partial charge in [0.2, 0.25) is 6.23 Å². The van der Waals surface area contributed by atoms with E-state index in [0.29, 0.717) is 4.57 Å². The minimum absolute atomic E-state index is 0.131. The summed E-state index contributed by atoms with van der Waals surface area (Å²) in [5.41, 5.74) is 4.28. The first-order valence-electron chi connectivity index (χ1n) is 7.32. The molecule has 0 amide bonds. The molecule has 10 heteroatoms. The number of anilines is 1. The molecule has 1 aliphatic heterocycles. The lowest BCUT2D eigenvalue weighted by atomic mass is 10.1. The van der Waals surface area contributed by atoms with Crippen LogP contribution in [0, 0.1) is 5.92 Å². The Labute approximate surface area is 136 Å². The number of aliphatic hydroxyl groups is 1. The Morgan fingerprint density at radius 2 is 2.12 bits per heavy atom. The molecule has 2 heterocycles. The van der Waals surface area contributed by atoms with Gasteiger partial charge in [-0.05, 0) is 13.0 Å². The molecule has 0 radical (unpaired) electrons. The summed E-state index contributed by atoms with van der Waals surface area (Å²) in [4.78, 5) is 26.7. The molecule has 0 aromatic carbocycles. The lowest BCUT2D eigenvalue weighted by molar-refractivity contribution is -0.164. The topological polar surface area (TPSA) is 117 Å². The number of alkyl halides is 2. The van der Waals surface area contributed by atoms with E-state index in [9.17, 15) is 23.5 Å². The maximum absolute atomic E-state index is 14.3. The van der Waals surface area contributed by atoms with Gasteiger partial charge < -0.3 is 20.3 Å². The Bertz CT molecular complexity index is 679. The van der Waals surface area contributed by atoms with Crippen LogP contribution in [0.25, 0.3) is 0 Å². The van der Waals surface area contributed by atoms with E-state index in [1.54, 1.807) is 13.8 Å². The van der Waals surface area contributed by atoms with Gasteiger partial charge in [-0.1, -0.05) is 13.8 Å². The molecule has 1 aromatic rings. The third-order valence-electron chi connectivity index (χ3n) is 3.66. The molecule has 1 saturated heterocycles. The number of hydrogen-bond donors (Lipinski definition) is 2. The molecular weight excluding hydrogens is 328 g/mol. The van der Waals surface area contributed by atoms with E-state index in [2.05, 4.69) is 4.98 Å². The van der Waals surface area contributed by atoms with Crippen molar-refractivity contribution >= 4 is 11.8 Å². The molecule has 0 bridgehead atoms. The predicted octanol–water partition coefficient (Wildman–Crippen LogP) is 0.307. The molecule has 1 aliphatic rings. The number of nitrogens with two attached hydrogens (primary N) is 1. The second kappa shape index (κ2) is 6.44. The lowest BCUT2D eigenvalue weighted by Gasteiger charge is -2.23. The second-order valence-electron chi connectivity index (χ2n) is 5.91. The van der Waals surface area contributed by atoms with Gasteiger partial charge in [-0.25, -0.2) is 4.79 Å². The van der Waals surface area contributed by atoms with Gasteiger partial charge in [0.05, 0.1) is 5.92 Å². The van der Waals surface area contributed by atoms with Crippen molar-refractivity contribution in [1.29, 1.82) is 0 Å². The van der Waals surface area contributed by atoms with Crippen LogP contribution in [0.15, 0.2) is 17.1 Å². The number of hydrogen-bond acceptors (Lipinski definition) is 7. The van der Waals surface area contributed by atoms with Crippen molar-refractivity contribution in [3.05, 3.63) is 22.7 Å². The average molecular weight is 347 g/mol. The minimum atomic E-state index is -3.79. The summed E-state index contributed by atoms with van der Waals surface area (Å²) >= 11 is 0. The Morgan fingerprint density at radius 1 is 1.50 bits per heavy atom. The van der Waals surface area contributed by atoms with Gasteiger partial charge in [0.1, 0.15) is 18.0 Å². The number of nitrogen functional groups attached to an aromatic ring is 1. The lowest BCUT2D eigenvalue weighted by Crippen LogP contribution is -2.44. The Kier molecular flexibility index (Phi) is 4.90. The summed E-state index contributed by atoms with van der Waals surface area (Å²) in [7, 11) is 0. The highest BCUT2D eigenvalue weighted by Gasteiger charge is 2.61. The number of aromatic nitrogens is 2. The van der Waals surface area contributed by atoms with Crippen LogP contribution in [0.1, 0.15) is 27.0 Å². The van der Waals surface area contributed by atoms with E-state index in [0.717, 1.165) is 12.3 Å². The van der Waals surface area contributed by atoms with Gasteiger partial charge in [-0.15, -0.1) is 0 Å². The van der Waals surface area contributed by atoms with Crippen LogP contribution in [0.3, 0.4) is 0 Å². The van der Waals surface area contributed by atoms with Gasteiger partial charge in [-0.3, -0.25) is 9.36 Å². The van der Waals surface area contributed by atoms with E-state index in [1.165, 1.54) is 6.92 Å². The number of carbonyl (C=O) groups is 1. The zero-order valence-corrected chi connectivity index (χ0v) is 13.3. The van der Waals surface area contributed by atoms with E-state index >= 15 is 0 Å². The van der Waals surface area contributed by atoms with Crippen molar-refractivity contribution in [2.24, 2.45) is 5.92 Å². The first-order chi connectivity index (χ1) is 11.1. The Hall–Kier alpha value is -2.07. The third-order valence-corrected chi connectivity index (χ3v) is 3.66. The number of carbonyl (C=O) groups excluding carboxylic acids is 1. The highest BCUT2D eigenvalue weighted by Crippen LogP contribution is 2.43. The van der Waals surface area contributed by atoms with Crippen molar-refractivity contribution in [2.45, 2.75) is 51.2 Å². The summed E-state index contributed by atoms with van der Waals surface area (Å²) in [6.07, 6.45) is -5.98. The van der Waals surface area contributed by atoms with Gasteiger partial charge >= 0.3 is 17.6 Å². The standard InChI is InChI=1S/C14H19F2N3O5/c1-6(2)11(21)23-7(3)9-10(20)14(15,16)12(24-9)19-5-4-8(17)18-13(19)22/h4-7,9-10,12,20H,1-3H3,(H2,17,18,22). The predicted molar refractivity (Wildman–Crippen MR) is 78.2 cm³/mol. The summed E-state index contributed by atoms with van der Waals surface area (Å²) < 4.78 is 39.4. The van der Waals surface area contributed by atoms with Crippen LogP contribution in [0.2, 0.25) is 0 Å².